The van der Waals surface area contributed by atoms with Gasteiger partial charge in [0.15, 0.2) is 0 Å². The summed E-state index contributed by atoms with van der Waals surface area (Å²) in [5.74, 6) is 1.15. The molecule has 0 aromatic rings. The average molecular weight is 192 g/mol. The fourth-order valence-corrected chi connectivity index (χ4v) is 1.99. The molecule has 2 nitrogen and oxygen atoms in total. The van der Waals surface area contributed by atoms with Crippen LogP contribution >= 0.6 is 11.8 Å². The van der Waals surface area contributed by atoms with E-state index >= 15 is 0 Å². The molecular weight excluding hydrogens is 172 g/mol. The molecule has 0 amide bonds. The fourth-order valence-electron chi connectivity index (χ4n) is 0.940. The molecule has 0 saturated carbocycles. The van der Waals surface area contributed by atoms with Crippen molar-refractivity contribution < 1.29 is 10.2 Å². The molecule has 1 atom stereocenters. The van der Waals surface area contributed by atoms with Gasteiger partial charge in [0.1, 0.15) is 0 Å². The molecule has 0 aliphatic rings. The van der Waals surface area contributed by atoms with Crippen molar-refractivity contribution in [2.24, 2.45) is 0 Å². The van der Waals surface area contributed by atoms with Crippen LogP contribution in [0.15, 0.2) is 0 Å². The van der Waals surface area contributed by atoms with Crippen LogP contribution in [0, 0.1) is 0 Å². The van der Waals surface area contributed by atoms with Gasteiger partial charge in [-0.2, -0.15) is 11.8 Å². The highest BCUT2D eigenvalue weighted by molar-refractivity contribution is 7.99. The lowest BCUT2D eigenvalue weighted by molar-refractivity contribution is 0.284. The third-order valence-corrected chi connectivity index (χ3v) is 3.07. The fraction of sp³-hybridized carbons (Fsp3) is 1.00. The van der Waals surface area contributed by atoms with Crippen molar-refractivity contribution in [3.63, 3.8) is 0 Å². The summed E-state index contributed by atoms with van der Waals surface area (Å²) >= 11 is 1.91. The van der Waals surface area contributed by atoms with E-state index in [1.54, 1.807) is 0 Å². The molecule has 74 valence electrons. The van der Waals surface area contributed by atoms with Crippen molar-refractivity contribution in [2.75, 3.05) is 19.0 Å². The Labute approximate surface area is 79.4 Å². The molecule has 1 unspecified atom stereocenters. The van der Waals surface area contributed by atoms with Gasteiger partial charge in [0.2, 0.25) is 0 Å². The maximum atomic E-state index is 8.63. The summed E-state index contributed by atoms with van der Waals surface area (Å²) in [5.41, 5.74) is 0. The van der Waals surface area contributed by atoms with Crippen molar-refractivity contribution in [2.45, 2.75) is 37.9 Å². The summed E-state index contributed by atoms with van der Waals surface area (Å²) in [6.07, 6.45) is 4.12. The lowest BCUT2D eigenvalue weighted by Crippen LogP contribution is -2.00. The lowest BCUT2D eigenvalue weighted by atomic mass is 10.3. The molecule has 2 N–H and O–H groups in total. The zero-order valence-electron chi connectivity index (χ0n) is 7.83. The highest BCUT2D eigenvalue weighted by Crippen LogP contribution is 2.15. The Morgan fingerprint density at radius 3 is 2.42 bits per heavy atom. The summed E-state index contributed by atoms with van der Waals surface area (Å²) in [5, 5.41) is 17.7. The molecule has 0 bridgehead atoms. The third kappa shape index (κ3) is 8.37. The van der Waals surface area contributed by atoms with Crippen LogP contribution in [-0.2, 0) is 0 Å². The van der Waals surface area contributed by atoms with Gasteiger partial charge in [0, 0.05) is 18.5 Å². The van der Waals surface area contributed by atoms with E-state index in [0.717, 1.165) is 25.0 Å². The first-order valence-corrected chi connectivity index (χ1v) is 5.69. The minimum atomic E-state index is 0.296. The minimum Gasteiger partial charge on any atom is -0.396 e. The van der Waals surface area contributed by atoms with Gasteiger partial charge in [0.25, 0.3) is 0 Å². The highest BCUT2D eigenvalue weighted by atomic mass is 32.2. The van der Waals surface area contributed by atoms with Gasteiger partial charge in [0.05, 0.1) is 0 Å². The van der Waals surface area contributed by atoms with Crippen molar-refractivity contribution in [1.29, 1.82) is 0 Å². The van der Waals surface area contributed by atoms with E-state index in [9.17, 15) is 0 Å². The van der Waals surface area contributed by atoms with Crippen LogP contribution in [0.2, 0.25) is 0 Å². The zero-order valence-corrected chi connectivity index (χ0v) is 8.65. The number of unbranched alkanes of at least 4 members (excludes halogenated alkanes) is 2. The molecule has 3 heteroatoms. The highest BCUT2D eigenvalue weighted by Gasteiger charge is 2.00. The second kappa shape index (κ2) is 9.36. The third-order valence-electron chi connectivity index (χ3n) is 1.74. The summed E-state index contributed by atoms with van der Waals surface area (Å²) in [6.45, 7) is 2.76. The number of thioether (sulfide) groups is 1. The Kier molecular flexibility index (Phi) is 9.57. The molecule has 0 fully saturated rings. The molecule has 0 aromatic heterocycles. The van der Waals surface area contributed by atoms with Gasteiger partial charge in [-0.1, -0.05) is 13.3 Å². The minimum absolute atomic E-state index is 0.296. The average Bonchev–Trinajstić information content (AvgIpc) is 2.05. The molecule has 0 rings (SSSR count). The number of hydrogen-bond acceptors (Lipinski definition) is 3. The topological polar surface area (TPSA) is 40.5 Å². The quantitative estimate of drug-likeness (QED) is 0.575. The second-order valence-electron chi connectivity index (χ2n) is 2.98. The SMILES string of the molecule is CC(CCO)SCCCCCO. The Balaban J connectivity index is 2.97. The van der Waals surface area contributed by atoms with Crippen molar-refractivity contribution >= 4 is 11.8 Å². The van der Waals surface area contributed by atoms with Gasteiger partial charge in [-0.15, -0.1) is 0 Å². The predicted molar refractivity (Wildman–Crippen MR) is 54.6 cm³/mol. The largest absolute Gasteiger partial charge is 0.396 e. The summed E-state index contributed by atoms with van der Waals surface area (Å²) < 4.78 is 0. The van der Waals surface area contributed by atoms with Crippen LogP contribution in [0.25, 0.3) is 0 Å². The molecule has 12 heavy (non-hydrogen) atoms. The lowest BCUT2D eigenvalue weighted by Gasteiger charge is -2.08. The van der Waals surface area contributed by atoms with Gasteiger partial charge >= 0.3 is 0 Å². The van der Waals surface area contributed by atoms with Crippen LogP contribution in [0.5, 0.6) is 0 Å². The van der Waals surface area contributed by atoms with Crippen LogP contribution < -0.4 is 0 Å². The van der Waals surface area contributed by atoms with E-state index in [1.165, 1.54) is 6.42 Å². The van der Waals surface area contributed by atoms with E-state index in [-0.39, 0.29) is 0 Å². The van der Waals surface area contributed by atoms with Crippen molar-refractivity contribution in [1.82, 2.24) is 0 Å². The van der Waals surface area contributed by atoms with Gasteiger partial charge in [-0.05, 0) is 25.0 Å². The smallest absolute Gasteiger partial charge is 0.0441 e. The van der Waals surface area contributed by atoms with Crippen molar-refractivity contribution in [3.05, 3.63) is 0 Å². The Morgan fingerprint density at radius 1 is 1.08 bits per heavy atom. The standard InChI is InChI=1S/C9H20O2S/c1-9(5-7-11)12-8-4-2-3-6-10/h9-11H,2-8H2,1H3. The first-order chi connectivity index (χ1) is 5.81. The van der Waals surface area contributed by atoms with Gasteiger partial charge in [-0.3, -0.25) is 0 Å². The summed E-state index contributed by atoms with van der Waals surface area (Å²) in [4.78, 5) is 0. The molecule has 0 spiro atoms. The molecule has 0 radical (unpaired) electrons. The predicted octanol–water partition coefficient (Wildman–Crippen LogP) is 1.65. The molecule has 0 aromatic carbocycles. The second-order valence-corrected chi connectivity index (χ2v) is 4.52. The van der Waals surface area contributed by atoms with E-state index < -0.39 is 0 Å². The zero-order chi connectivity index (χ0) is 9.23. The Morgan fingerprint density at radius 2 is 1.83 bits per heavy atom. The first-order valence-electron chi connectivity index (χ1n) is 4.64. The molecule has 0 aliphatic carbocycles. The van der Waals surface area contributed by atoms with E-state index in [2.05, 4.69) is 6.92 Å². The molecule has 0 heterocycles. The maximum absolute atomic E-state index is 8.63. The Hall–Kier alpha value is 0.270. The van der Waals surface area contributed by atoms with Crippen LogP contribution in [0.4, 0.5) is 0 Å². The normalized spacial score (nSPS) is 13.2. The molecule has 0 saturated heterocycles. The van der Waals surface area contributed by atoms with E-state index in [1.807, 2.05) is 11.8 Å². The molecular formula is C9H20O2S. The molecule has 0 aliphatic heterocycles. The maximum Gasteiger partial charge on any atom is 0.0441 e. The van der Waals surface area contributed by atoms with E-state index in [0.29, 0.717) is 18.5 Å². The van der Waals surface area contributed by atoms with Crippen LogP contribution in [0.3, 0.4) is 0 Å². The Bertz CT molecular complexity index is 88.6. The monoisotopic (exact) mass is 192 g/mol. The van der Waals surface area contributed by atoms with Crippen LogP contribution in [-0.4, -0.2) is 34.4 Å². The number of aliphatic hydroxyl groups excluding tert-OH is 2. The van der Waals surface area contributed by atoms with Crippen LogP contribution in [0.1, 0.15) is 32.6 Å². The first kappa shape index (κ1) is 12.3. The van der Waals surface area contributed by atoms with Gasteiger partial charge < -0.3 is 10.2 Å². The van der Waals surface area contributed by atoms with Crippen molar-refractivity contribution in [3.8, 4) is 0 Å². The van der Waals surface area contributed by atoms with Gasteiger partial charge in [-0.25, -0.2) is 0 Å². The summed E-state index contributed by atoms with van der Waals surface area (Å²) in [7, 11) is 0. The number of rotatable bonds is 8. The number of hydrogen-bond donors (Lipinski definition) is 2. The summed E-state index contributed by atoms with van der Waals surface area (Å²) in [6, 6.07) is 0. The number of aliphatic hydroxyl groups is 2. The van der Waals surface area contributed by atoms with E-state index in [4.69, 9.17) is 10.2 Å².